The number of hydrogen-bond acceptors (Lipinski definition) is 2. The average molecular weight is 272 g/mol. The van der Waals surface area contributed by atoms with Crippen LogP contribution in [-0.2, 0) is 4.79 Å². The summed E-state index contributed by atoms with van der Waals surface area (Å²) < 4.78 is 19.1. The molecule has 0 atom stereocenters. The van der Waals surface area contributed by atoms with Crippen molar-refractivity contribution in [3.05, 3.63) is 65.5 Å². The Balaban J connectivity index is 2.29. The lowest BCUT2D eigenvalue weighted by Crippen LogP contribution is -1.91. The van der Waals surface area contributed by atoms with Gasteiger partial charge in [0.15, 0.2) is 0 Å². The van der Waals surface area contributed by atoms with Crippen LogP contribution in [0, 0.1) is 12.7 Å². The molecule has 20 heavy (non-hydrogen) atoms. The Labute approximate surface area is 115 Å². The first-order valence-electron chi connectivity index (χ1n) is 6.00. The second-order valence-electron chi connectivity index (χ2n) is 4.22. The van der Waals surface area contributed by atoms with Crippen LogP contribution in [0.25, 0.3) is 6.08 Å². The zero-order valence-electron chi connectivity index (χ0n) is 10.8. The third-order valence-corrected chi connectivity index (χ3v) is 2.70. The molecule has 0 amide bonds. The maximum atomic E-state index is 13.5. The maximum Gasteiger partial charge on any atom is 0.328 e. The molecule has 1 N–H and O–H groups in total. The van der Waals surface area contributed by atoms with Gasteiger partial charge in [-0.15, -0.1) is 0 Å². The molecule has 102 valence electrons. The first-order valence-corrected chi connectivity index (χ1v) is 6.00. The van der Waals surface area contributed by atoms with Gasteiger partial charge in [0.05, 0.1) is 0 Å². The Kier molecular flexibility index (Phi) is 4.15. The summed E-state index contributed by atoms with van der Waals surface area (Å²) in [5, 5.41) is 8.65. The van der Waals surface area contributed by atoms with Crippen molar-refractivity contribution in [3.8, 4) is 11.5 Å². The molecule has 0 aliphatic carbocycles. The fourth-order valence-corrected chi connectivity index (χ4v) is 1.64. The van der Waals surface area contributed by atoms with Gasteiger partial charge in [-0.2, -0.15) is 0 Å². The maximum absolute atomic E-state index is 13.5. The third-order valence-electron chi connectivity index (χ3n) is 2.70. The number of carboxylic acid groups (broad SMARTS) is 1. The van der Waals surface area contributed by atoms with Gasteiger partial charge in [0.2, 0.25) is 0 Å². The Bertz CT molecular complexity index is 663. The van der Waals surface area contributed by atoms with Gasteiger partial charge in [-0.05, 0) is 30.7 Å². The molecule has 0 aliphatic heterocycles. The van der Waals surface area contributed by atoms with E-state index in [-0.39, 0.29) is 5.82 Å². The van der Waals surface area contributed by atoms with E-state index in [1.54, 1.807) is 43.3 Å². The van der Waals surface area contributed by atoms with Crippen molar-refractivity contribution in [1.29, 1.82) is 0 Å². The minimum absolute atomic E-state index is 0.346. The molecule has 2 rings (SSSR count). The lowest BCUT2D eigenvalue weighted by atomic mass is 10.2. The lowest BCUT2D eigenvalue weighted by molar-refractivity contribution is -0.131. The average Bonchev–Trinajstić information content (AvgIpc) is 2.42. The molecule has 0 radical (unpaired) electrons. The molecule has 2 aromatic carbocycles. The van der Waals surface area contributed by atoms with E-state index in [0.717, 1.165) is 6.08 Å². The number of benzene rings is 2. The van der Waals surface area contributed by atoms with E-state index in [1.165, 1.54) is 12.1 Å². The van der Waals surface area contributed by atoms with Crippen LogP contribution in [0.1, 0.15) is 11.1 Å². The summed E-state index contributed by atoms with van der Waals surface area (Å²) in [6.07, 6.45) is 2.46. The Morgan fingerprint density at radius 2 is 2.00 bits per heavy atom. The van der Waals surface area contributed by atoms with Gasteiger partial charge in [0.25, 0.3) is 0 Å². The molecule has 0 spiro atoms. The lowest BCUT2D eigenvalue weighted by Gasteiger charge is -2.09. The van der Waals surface area contributed by atoms with Gasteiger partial charge in [0, 0.05) is 17.7 Å². The van der Waals surface area contributed by atoms with E-state index in [9.17, 15) is 9.18 Å². The van der Waals surface area contributed by atoms with Crippen LogP contribution in [0.3, 0.4) is 0 Å². The number of carbonyl (C=O) groups is 1. The first kappa shape index (κ1) is 13.8. The van der Waals surface area contributed by atoms with Crippen LogP contribution >= 0.6 is 0 Å². The van der Waals surface area contributed by atoms with E-state index >= 15 is 0 Å². The summed E-state index contributed by atoms with van der Waals surface area (Å²) in [4.78, 5) is 10.5. The summed E-state index contributed by atoms with van der Waals surface area (Å²) in [5.74, 6) is -0.556. The molecule has 0 unspecified atom stereocenters. The summed E-state index contributed by atoms with van der Waals surface area (Å²) >= 11 is 0. The number of ether oxygens (including phenoxy) is 1. The smallest absolute Gasteiger partial charge is 0.328 e. The number of para-hydroxylation sites is 1. The zero-order valence-corrected chi connectivity index (χ0v) is 10.8. The fraction of sp³-hybridized carbons (Fsp3) is 0.0625. The van der Waals surface area contributed by atoms with Crippen molar-refractivity contribution in [2.75, 3.05) is 0 Å². The first-order chi connectivity index (χ1) is 9.56. The molecule has 0 heterocycles. The SMILES string of the molecule is Cc1ccc(Oc2ccccc2/C=C/C(=O)O)cc1F. The minimum Gasteiger partial charge on any atom is -0.478 e. The highest BCUT2D eigenvalue weighted by molar-refractivity contribution is 5.85. The van der Waals surface area contributed by atoms with E-state index in [2.05, 4.69) is 0 Å². The molecule has 0 saturated heterocycles. The van der Waals surface area contributed by atoms with E-state index in [1.807, 2.05) is 0 Å². The van der Waals surface area contributed by atoms with Crippen molar-refractivity contribution in [3.63, 3.8) is 0 Å². The van der Waals surface area contributed by atoms with Crippen LogP contribution < -0.4 is 4.74 Å². The third kappa shape index (κ3) is 3.45. The van der Waals surface area contributed by atoms with Gasteiger partial charge in [-0.25, -0.2) is 9.18 Å². The van der Waals surface area contributed by atoms with Crippen molar-refractivity contribution in [2.45, 2.75) is 6.92 Å². The molecular formula is C16H13FO3. The van der Waals surface area contributed by atoms with Gasteiger partial charge in [-0.1, -0.05) is 24.3 Å². The Morgan fingerprint density at radius 3 is 2.70 bits per heavy atom. The highest BCUT2D eigenvalue weighted by Gasteiger charge is 2.05. The molecule has 0 fully saturated rings. The molecule has 2 aromatic rings. The highest BCUT2D eigenvalue weighted by atomic mass is 19.1. The Hall–Kier alpha value is -2.62. The van der Waals surface area contributed by atoms with E-state index in [0.29, 0.717) is 22.6 Å². The second-order valence-corrected chi connectivity index (χ2v) is 4.22. The summed E-state index contributed by atoms with van der Waals surface area (Å²) in [6, 6.07) is 11.5. The molecule has 0 saturated carbocycles. The van der Waals surface area contributed by atoms with E-state index < -0.39 is 5.97 Å². The Morgan fingerprint density at radius 1 is 1.25 bits per heavy atom. The number of hydrogen-bond donors (Lipinski definition) is 1. The molecular weight excluding hydrogens is 259 g/mol. The van der Waals surface area contributed by atoms with Gasteiger partial charge in [0.1, 0.15) is 17.3 Å². The molecule has 0 aromatic heterocycles. The zero-order chi connectivity index (χ0) is 14.5. The van der Waals surface area contributed by atoms with Crippen molar-refractivity contribution in [2.24, 2.45) is 0 Å². The predicted octanol–water partition coefficient (Wildman–Crippen LogP) is 4.02. The largest absolute Gasteiger partial charge is 0.478 e. The van der Waals surface area contributed by atoms with Crippen LogP contribution in [0.15, 0.2) is 48.5 Å². The number of rotatable bonds is 4. The van der Waals surface area contributed by atoms with E-state index in [4.69, 9.17) is 9.84 Å². The summed E-state index contributed by atoms with van der Waals surface area (Å²) in [7, 11) is 0. The highest BCUT2D eigenvalue weighted by Crippen LogP contribution is 2.27. The van der Waals surface area contributed by atoms with Crippen molar-refractivity contribution >= 4 is 12.0 Å². The fourth-order valence-electron chi connectivity index (χ4n) is 1.64. The summed E-state index contributed by atoms with van der Waals surface area (Å²) in [5.41, 5.74) is 1.15. The number of halogens is 1. The number of aryl methyl sites for hydroxylation is 1. The second kappa shape index (κ2) is 6.02. The number of aliphatic carboxylic acids is 1. The normalized spacial score (nSPS) is 10.7. The molecule has 0 aliphatic rings. The molecule has 0 bridgehead atoms. The van der Waals surface area contributed by atoms with Crippen LogP contribution in [-0.4, -0.2) is 11.1 Å². The van der Waals surface area contributed by atoms with Gasteiger partial charge < -0.3 is 9.84 Å². The quantitative estimate of drug-likeness (QED) is 0.855. The van der Waals surface area contributed by atoms with Gasteiger partial charge >= 0.3 is 5.97 Å². The standard InChI is InChI=1S/C16H13FO3/c1-11-6-8-13(10-14(11)17)20-15-5-3-2-4-12(15)7-9-16(18)19/h2-10H,1H3,(H,18,19)/b9-7+. The number of carboxylic acids is 1. The van der Waals surface area contributed by atoms with Crippen LogP contribution in [0.5, 0.6) is 11.5 Å². The topological polar surface area (TPSA) is 46.5 Å². The van der Waals surface area contributed by atoms with Crippen molar-refractivity contribution < 1.29 is 19.0 Å². The van der Waals surface area contributed by atoms with Crippen LogP contribution in [0.4, 0.5) is 4.39 Å². The predicted molar refractivity (Wildman–Crippen MR) is 74.3 cm³/mol. The van der Waals surface area contributed by atoms with Crippen LogP contribution in [0.2, 0.25) is 0 Å². The monoisotopic (exact) mass is 272 g/mol. The molecule has 3 nitrogen and oxygen atoms in total. The van der Waals surface area contributed by atoms with Crippen molar-refractivity contribution in [1.82, 2.24) is 0 Å². The van der Waals surface area contributed by atoms with Gasteiger partial charge in [-0.3, -0.25) is 0 Å². The summed E-state index contributed by atoms with van der Waals surface area (Å²) in [6.45, 7) is 1.67. The minimum atomic E-state index is -1.04. The molecule has 4 heteroatoms.